The van der Waals surface area contributed by atoms with Crippen LogP contribution < -0.4 is 5.32 Å². The maximum Gasteiger partial charge on any atom is 0.416 e. The summed E-state index contributed by atoms with van der Waals surface area (Å²) >= 11 is 6.17. The van der Waals surface area contributed by atoms with Crippen LogP contribution in [0.2, 0.25) is 5.02 Å². The van der Waals surface area contributed by atoms with Crippen LogP contribution in [-0.2, 0) is 17.4 Å². The van der Waals surface area contributed by atoms with E-state index in [-0.39, 0.29) is 12.3 Å². The lowest BCUT2D eigenvalue weighted by Crippen LogP contribution is -2.27. The molecule has 4 aromatic rings. The fraction of sp³-hybridized carbons (Fsp3) is 0.200. The summed E-state index contributed by atoms with van der Waals surface area (Å²) in [4.78, 5) is 20.2. The molecular formula is C25H21ClF3N3O. The molecule has 1 atom stereocenters. The van der Waals surface area contributed by atoms with Crippen molar-refractivity contribution in [3.63, 3.8) is 0 Å². The molecule has 2 heterocycles. The standard InChI is InChI=1S/C25H21ClF3N3O/c26-18-7-8-23-21(13-18)22(15-32-23)20(16-4-3-5-17(12-16)25(27,28)29)14-24(33)31-11-9-19-6-1-2-10-30-19/h1-8,10,12-13,15,20,32H,9,11,14H2,(H,31,33)/t20-/m0/s1. The predicted molar refractivity (Wildman–Crippen MR) is 122 cm³/mol. The van der Waals surface area contributed by atoms with Gasteiger partial charge in [-0.3, -0.25) is 9.78 Å². The van der Waals surface area contributed by atoms with Gasteiger partial charge < -0.3 is 10.3 Å². The molecule has 4 rings (SSSR count). The van der Waals surface area contributed by atoms with Crippen molar-refractivity contribution in [1.29, 1.82) is 0 Å². The van der Waals surface area contributed by atoms with E-state index in [0.29, 0.717) is 29.1 Å². The van der Waals surface area contributed by atoms with Gasteiger partial charge in [0, 0.05) is 59.3 Å². The number of carbonyl (C=O) groups is 1. The lowest BCUT2D eigenvalue weighted by atomic mass is 9.87. The smallest absolute Gasteiger partial charge is 0.361 e. The number of benzene rings is 2. The normalized spacial score (nSPS) is 12.6. The molecule has 4 nitrogen and oxygen atoms in total. The Kier molecular flexibility index (Phi) is 6.70. The predicted octanol–water partition coefficient (Wildman–Crippen LogP) is 6.12. The molecule has 2 aromatic carbocycles. The zero-order chi connectivity index (χ0) is 23.4. The zero-order valence-electron chi connectivity index (χ0n) is 17.5. The molecule has 2 N–H and O–H groups in total. The van der Waals surface area contributed by atoms with Crippen LogP contribution in [0.3, 0.4) is 0 Å². The molecule has 0 fully saturated rings. The second kappa shape index (κ2) is 9.67. The number of amides is 1. The van der Waals surface area contributed by atoms with Crippen LogP contribution in [0, 0.1) is 0 Å². The highest BCUT2D eigenvalue weighted by Crippen LogP contribution is 2.37. The van der Waals surface area contributed by atoms with Crippen molar-refractivity contribution in [3.8, 4) is 0 Å². The van der Waals surface area contributed by atoms with E-state index in [1.165, 1.54) is 6.07 Å². The van der Waals surface area contributed by atoms with E-state index in [9.17, 15) is 18.0 Å². The number of hydrogen-bond acceptors (Lipinski definition) is 2. The number of fused-ring (bicyclic) bond motifs is 1. The Morgan fingerprint density at radius 2 is 1.94 bits per heavy atom. The number of halogens is 4. The first-order chi connectivity index (χ1) is 15.8. The molecule has 0 spiro atoms. The van der Waals surface area contributed by atoms with E-state index in [1.807, 2.05) is 18.2 Å². The molecule has 2 aromatic heterocycles. The summed E-state index contributed by atoms with van der Waals surface area (Å²) in [6, 6.07) is 16.0. The molecule has 1 amide bonds. The molecule has 33 heavy (non-hydrogen) atoms. The van der Waals surface area contributed by atoms with Gasteiger partial charge in [0.05, 0.1) is 5.56 Å². The van der Waals surface area contributed by atoms with Crippen LogP contribution in [0.5, 0.6) is 0 Å². The summed E-state index contributed by atoms with van der Waals surface area (Å²) in [7, 11) is 0. The van der Waals surface area contributed by atoms with Crippen molar-refractivity contribution in [1.82, 2.24) is 15.3 Å². The number of hydrogen-bond donors (Lipinski definition) is 2. The van der Waals surface area contributed by atoms with E-state index in [4.69, 9.17) is 11.6 Å². The van der Waals surface area contributed by atoms with Crippen LogP contribution in [0.1, 0.15) is 34.7 Å². The van der Waals surface area contributed by atoms with Gasteiger partial charge in [-0.2, -0.15) is 13.2 Å². The number of pyridine rings is 1. The van der Waals surface area contributed by atoms with Crippen molar-refractivity contribution in [2.24, 2.45) is 0 Å². The minimum absolute atomic E-state index is 0.0109. The van der Waals surface area contributed by atoms with E-state index in [2.05, 4.69) is 15.3 Å². The molecule has 0 bridgehead atoms. The molecule has 0 saturated carbocycles. The monoisotopic (exact) mass is 471 g/mol. The minimum atomic E-state index is -4.48. The van der Waals surface area contributed by atoms with Crippen LogP contribution in [-0.4, -0.2) is 22.4 Å². The number of H-pyrrole nitrogens is 1. The number of nitrogens with zero attached hydrogens (tertiary/aromatic N) is 1. The molecule has 0 aliphatic carbocycles. The maximum atomic E-state index is 13.4. The Morgan fingerprint density at radius 1 is 1.09 bits per heavy atom. The third-order valence-corrected chi connectivity index (χ3v) is 5.72. The number of carbonyl (C=O) groups excluding carboxylic acids is 1. The number of alkyl halides is 3. The average Bonchev–Trinajstić information content (AvgIpc) is 3.20. The number of aromatic nitrogens is 2. The van der Waals surface area contributed by atoms with E-state index in [0.717, 1.165) is 28.7 Å². The van der Waals surface area contributed by atoms with Crippen LogP contribution in [0.25, 0.3) is 10.9 Å². The second-order valence-electron chi connectivity index (χ2n) is 7.73. The van der Waals surface area contributed by atoms with Crippen LogP contribution >= 0.6 is 11.6 Å². The van der Waals surface area contributed by atoms with Gasteiger partial charge in [0.2, 0.25) is 5.91 Å². The molecule has 0 aliphatic rings. The van der Waals surface area contributed by atoms with Gasteiger partial charge in [-0.15, -0.1) is 0 Å². The summed E-state index contributed by atoms with van der Waals surface area (Å²) in [6.45, 7) is 0.380. The maximum absolute atomic E-state index is 13.4. The Labute approximate surface area is 193 Å². The Morgan fingerprint density at radius 3 is 2.70 bits per heavy atom. The molecule has 0 saturated heterocycles. The average molecular weight is 472 g/mol. The van der Waals surface area contributed by atoms with Gasteiger partial charge in [-0.25, -0.2) is 0 Å². The first kappa shape index (κ1) is 22.9. The topological polar surface area (TPSA) is 57.8 Å². The van der Waals surface area contributed by atoms with Crippen LogP contribution in [0.15, 0.2) is 73.1 Å². The number of nitrogens with one attached hydrogen (secondary N) is 2. The van der Waals surface area contributed by atoms with Crippen molar-refractivity contribution in [3.05, 3.63) is 100 Å². The second-order valence-corrected chi connectivity index (χ2v) is 8.17. The Balaban J connectivity index is 1.61. The highest BCUT2D eigenvalue weighted by Gasteiger charge is 2.31. The third-order valence-electron chi connectivity index (χ3n) is 5.49. The molecule has 170 valence electrons. The summed E-state index contributed by atoms with van der Waals surface area (Å²) in [6.07, 6.45) is -0.516. The SMILES string of the molecule is O=C(C[C@@H](c1cccc(C(F)(F)F)c1)c1c[nH]c2ccc(Cl)cc12)NCCc1ccccn1. The molecule has 0 aliphatic heterocycles. The first-order valence-corrected chi connectivity index (χ1v) is 10.8. The number of aromatic amines is 1. The molecule has 0 unspecified atom stereocenters. The Bertz CT molecular complexity index is 1250. The van der Waals surface area contributed by atoms with Crippen molar-refractivity contribution in [2.45, 2.75) is 24.9 Å². The lowest BCUT2D eigenvalue weighted by Gasteiger charge is -2.19. The van der Waals surface area contributed by atoms with Crippen LogP contribution in [0.4, 0.5) is 13.2 Å². The highest BCUT2D eigenvalue weighted by atomic mass is 35.5. The summed E-state index contributed by atoms with van der Waals surface area (Å²) < 4.78 is 40.1. The van der Waals surface area contributed by atoms with Crippen molar-refractivity contribution in [2.75, 3.05) is 6.54 Å². The van der Waals surface area contributed by atoms with E-state index < -0.39 is 17.7 Å². The summed E-state index contributed by atoms with van der Waals surface area (Å²) in [5, 5.41) is 4.14. The summed E-state index contributed by atoms with van der Waals surface area (Å²) in [5.41, 5.74) is 2.01. The quantitative estimate of drug-likeness (QED) is 0.341. The van der Waals surface area contributed by atoms with Crippen molar-refractivity contribution < 1.29 is 18.0 Å². The van der Waals surface area contributed by atoms with Gasteiger partial charge in [0.15, 0.2) is 0 Å². The fourth-order valence-corrected chi connectivity index (χ4v) is 4.05. The van der Waals surface area contributed by atoms with Gasteiger partial charge in [-0.05, 0) is 47.5 Å². The van der Waals surface area contributed by atoms with Gasteiger partial charge in [0.25, 0.3) is 0 Å². The van der Waals surface area contributed by atoms with Gasteiger partial charge >= 0.3 is 6.18 Å². The minimum Gasteiger partial charge on any atom is -0.361 e. The van der Waals surface area contributed by atoms with Crippen molar-refractivity contribution >= 4 is 28.4 Å². The lowest BCUT2D eigenvalue weighted by molar-refractivity contribution is -0.137. The summed E-state index contributed by atoms with van der Waals surface area (Å²) in [5.74, 6) is -0.848. The zero-order valence-corrected chi connectivity index (χ0v) is 18.3. The molecular weight excluding hydrogens is 451 g/mol. The van der Waals surface area contributed by atoms with Gasteiger partial charge in [-0.1, -0.05) is 35.9 Å². The Hall–Kier alpha value is -3.32. The third kappa shape index (κ3) is 5.54. The van der Waals surface area contributed by atoms with Gasteiger partial charge in [0.1, 0.15) is 0 Å². The molecule has 8 heteroatoms. The first-order valence-electron chi connectivity index (χ1n) is 10.4. The highest BCUT2D eigenvalue weighted by molar-refractivity contribution is 6.31. The number of rotatable bonds is 7. The largest absolute Gasteiger partial charge is 0.416 e. The van der Waals surface area contributed by atoms with E-state index in [1.54, 1.807) is 36.7 Å². The van der Waals surface area contributed by atoms with E-state index >= 15 is 0 Å². The molecule has 0 radical (unpaired) electrons. The fourth-order valence-electron chi connectivity index (χ4n) is 3.88.